The monoisotopic (exact) mass is 218 g/mol. The smallest absolute Gasteiger partial charge is 0.167 e. The number of alkyl halides is 1. The largest absolute Gasteiger partial charge is 0.238 e. The van der Waals surface area contributed by atoms with Crippen LogP contribution in [0.4, 0.5) is 17.6 Å². The maximum atomic E-state index is 13.7. The van der Waals surface area contributed by atoms with Crippen LogP contribution >= 0.6 is 0 Å². The molecule has 0 heterocycles. The van der Waals surface area contributed by atoms with Gasteiger partial charge >= 0.3 is 0 Å². The third-order valence-corrected chi connectivity index (χ3v) is 3.11. The molecule has 1 fully saturated rings. The van der Waals surface area contributed by atoms with E-state index in [9.17, 15) is 17.6 Å². The number of hydrogen-bond donors (Lipinski definition) is 0. The molecule has 2 atom stereocenters. The Morgan fingerprint density at radius 1 is 1.33 bits per heavy atom. The Morgan fingerprint density at radius 2 is 1.93 bits per heavy atom. The predicted octanol–water partition coefficient (Wildman–Crippen LogP) is 3.92. The summed E-state index contributed by atoms with van der Waals surface area (Å²) in [5, 5.41) is 0. The summed E-state index contributed by atoms with van der Waals surface area (Å²) in [7, 11) is 0. The second kappa shape index (κ2) is 3.22. The van der Waals surface area contributed by atoms with Crippen molar-refractivity contribution in [3.05, 3.63) is 36.2 Å². The third-order valence-electron chi connectivity index (χ3n) is 3.11. The second-order valence-corrected chi connectivity index (χ2v) is 3.97. The number of allylic oxidation sites excluding steroid dienone is 5. The molecule has 0 N–H and O–H groups in total. The highest BCUT2D eigenvalue weighted by atomic mass is 19.2. The summed E-state index contributed by atoms with van der Waals surface area (Å²) in [5.41, 5.74) is -1.82. The number of rotatable bonds is 2. The average molecular weight is 218 g/mol. The normalized spacial score (nSPS) is 36.5. The van der Waals surface area contributed by atoms with E-state index >= 15 is 0 Å². The van der Waals surface area contributed by atoms with Gasteiger partial charge in [0.15, 0.2) is 12.0 Å². The van der Waals surface area contributed by atoms with Gasteiger partial charge in [-0.15, -0.1) is 6.58 Å². The molecule has 15 heavy (non-hydrogen) atoms. The van der Waals surface area contributed by atoms with Crippen LogP contribution in [0.25, 0.3) is 0 Å². The minimum atomic E-state index is -2.15. The zero-order valence-corrected chi connectivity index (χ0v) is 7.94. The fourth-order valence-electron chi connectivity index (χ4n) is 2.11. The van der Waals surface area contributed by atoms with Gasteiger partial charge in [0.25, 0.3) is 0 Å². The first-order valence-corrected chi connectivity index (χ1v) is 4.74. The molecule has 2 rings (SSSR count). The van der Waals surface area contributed by atoms with Crippen molar-refractivity contribution in [2.75, 3.05) is 0 Å². The molecule has 0 aromatic rings. The zero-order chi connectivity index (χ0) is 11.2. The molecule has 0 amide bonds. The van der Waals surface area contributed by atoms with E-state index in [4.69, 9.17) is 0 Å². The van der Waals surface area contributed by atoms with E-state index in [0.717, 1.165) is 6.08 Å². The van der Waals surface area contributed by atoms with Gasteiger partial charge in [-0.25, -0.2) is 17.6 Å². The van der Waals surface area contributed by atoms with E-state index in [1.54, 1.807) is 0 Å². The van der Waals surface area contributed by atoms with Gasteiger partial charge in [-0.2, -0.15) is 0 Å². The maximum Gasteiger partial charge on any atom is 0.167 e. The average Bonchev–Trinajstić information content (AvgIpc) is 3.01. The molecule has 1 saturated carbocycles. The predicted molar refractivity (Wildman–Crippen MR) is 48.7 cm³/mol. The van der Waals surface area contributed by atoms with Crippen LogP contribution in [0.5, 0.6) is 0 Å². The lowest BCUT2D eigenvalue weighted by molar-refractivity contribution is 0.135. The van der Waals surface area contributed by atoms with Gasteiger partial charge in [-0.05, 0) is 18.8 Å². The molecule has 4 heteroatoms. The fourth-order valence-corrected chi connectivity index (χ4v) is 2.11. The van der Waals surface area contributed by atoms with Gasteiger partial charge in [-0.1, -0.05) is 6.08 Å². The van der Waals surface area contributed by atoms with Gasteiger partial charge in [0.2, 0.25) is 0 Å². The van der Waals surface area contributed by atoms with Crippen LogP contribution in [0.2, 0.25) is 0 Å². The van der Waals surface area contributed by atoms with Crippen LogP contribution in [0.15, 0.2) is 36.2 Å². The molecule has 0 aromatic heterocycles. The summed E-state index contributed by atoms with van der Waals surface area (Å²) in [5.74, 6) is -4.20. The molecular weight excluding hydrogens is 208 g/mol. The standard InChI is InChI=1S/C11H10F4/c1-2-11(6-3-4-6)9(14)7(12)5-8(13)10(11)15/h2,5-6,9H,1,3-4H2. The summed E-state index contributed by atoms with van der Waals surface area (Å²) < 4.78 is 53.4. The molecule has 2 unspecified atom stereocenters. The molecule has 0 saturated heterocycles. The Hall–Kier alpha value is -1.06. The Morgan fingerprint density at radius 3 is 2.40 bits per heavy atom. The molecule has 0 nitrogen and oxygen atoms in total. The van der Waals surface area contributed by atoms with E-state index in [-0.39, 0.29) is 12.0 Å². The summed E-state index contributed by atoms with van der Waals surface area (Å²) in [6.07, 6.45) is 0.254. The molecule has 0 aromatic carbocycles. The van der Waals surface area contributed by atoms with Crippen LogP contribution in [0.3, 0.4) is 0 Å². The number of halogens is 4. The van der Waals surface area contributed by atoms with Crippen LogP contribution in [-0.2, 0) is 0 Å². The van der Waals surface area contributed by atoms with Crippen molar-refractivity contribution in [2.45, 2.75) is 19.0 Å². The van der Waals surface area contributed by atoms with E-state index in [0.29, 0.717) is 12.8 Å². The van der Waals surface area contributed by atoms with E-state index in [1.165, 1.54) is 0 Å². The highest BCUT2D eigenvalue weighted by Gasteiger charge is 2.56. The van der Waals surface area contributed by atoms with Crippen LogP contribution in [-0.4, -0.2) is 6.17 Å². The molecule has 0 aliphatic heterocycles. The summed E-state index contributed by atoms with van der Waals surface area (Å²) in [4.78, 5) is 0. The topological polar surface area (TPSA) is 0 Å². The van der Waals surface area contributed by atoms with E-state index in [2.05, 4.69) is 6.58 Å². The highest BCUT2D eigenvalue weighted by Crippen LogP contribution is 2.58. The van der Waals surface area contributed by atoms with E-state index in [1.807, 2.05) is 0 Å². The van der Waals surface area contributed by atoms with Gasteiger partial charge in [-0.3, -0.25) is 0 Å². The van der Waals surface area contributed by atoms with Crippen molar-refractivity contribution in [2.24, 2.45) is 11.3 Å². The highest BCUT2D eigenvalue weighted by molar-refractivity contribution is 5.38. The van der Waals surface area contributed by atoms with Gasteiger partial charge in [0.05, 0.1) is 5.41 Å². The molecular formula is C11H10F4. The maximum absolute atomic E-state index is 13.7. The quantitative estimate of drug-likeness (QED) is 0.486. The Labute approximate surface area is 85.0 Å². The summed E-state index contributed by atoms with van der Waals surface area (Å²) >= 11 is 0. The SMILES string of the molecule is C=CC1(C2CC2)C(F)=C(F)C=C(F)C1F. The van der Waals surface area contributed by atoms with Crippen molar-refractivity contribution < 1.29 is 17.6 Å². The minimum absolute atomic E-state index is 0.268. The lowest BCUT2D eigenvalue weighted by Crippen LogP contribution is -2.36. The second-order valence-electron chi connectivity index (χ2n) is 3.97. The fraction of sp³-hybridized carbons (Fsp3) is 0.455. The van der Waals surface area contributed by atoms with Crippen molar-refractivity contribution >= 4 is 0 Å². The summed E-state index contributed by atoms with van der Waals surface area (Å²) in [6, 6.07) is 0. The van der Waals surface area contributed by atoms with Gasteiger partial charge < -0.3 is 0 Å². The summed E-state index contributed by atoms with van der Waals surface area (Å²) in [6.45, 7) is 3.31. The van der Waals surface area contributed by atoms with Gasteiger partial charge in [0.1, 0.15) is 11.7 Å². The minimum Gasteiger partial charge on any atom is -0.238 e. The molecule has 2 aliphatic carbocycles. The number of hydrogen-bond acceptors (Lipinski definition) is 0. The van der Waals surface area contributed by atoms with Crippen LogP contribution < -0.4 is 0 Å². The third kappa shape index (κ3) is 1.27. The van der Waals surface area contributed by atoms with Crippen molar-refractivity contribution in [1.29, 1.82) is 0 Å². The molecule has 0 radical (unpaired) electrons. The van der Waals surface area contributed by atoms with E-state index < -0.39 is 29.1 Å². The Kier molecular flexibility index (Phi) is 2.24. The zero-order valence-electron chi connectivity index (χ0n) is 7.94. The molecule has 0 spiro atoms. The molecule has 2 aliphatic rings. The van der Waals surface area contributed by atoms with Crippen molar-refractivity contribution in [1.82, 2.24) is 0 Å². The lowest BCUT2D eigenvalue weighted by atomic mass is 9.74. The Bertz CT molecular complexity index is 365. The first kappa shape index (κ1) is 10.5. The molecule has 0 bridgehead atoms. The molecule has 82 valence electrons. The van der Waals surface area contributed by atoms with Crippen molar-refractivity contribution in [3.8, 4) is 0 Å². The first-order valence-electron chi connectivity index (χ1n) is 4.74. The lowest BCUT2D eigenvalue weighted by Gasteiger charge is -2.34. The Balaban J connectivity index is 2.54. The van der Waals surface area contributed by atoms with Crippen molar-refractivity contribution in [3.63, 3.8) is 0 Å². The van der Waals surface area contributed by atoms with Crippen LogP contribution in [0.1, 0.15) is 12.8 Å². The first-order chi connectivity index (χ1) is 7.04. The van der Waals surface area contributed by atoms with Crippen LogP contribution in [0, 0.1) is 11.3 Å². The van der Waals surface area contributed by atoms with Gasteiger partial charge in [0, 0.05) is 6.08 Å².